The van der Waals surface area contributed by atoms with Gasteiger partial charge in [-0.05, 0) is 46.8 Å². The zero-order valence-corrected chi connectivity index (χ0v) is 27.5. The second-order valence-corrected chi connectivity index (χ2v) is 17.8. The van der Waals surface area contributed by atoms with Crippen LogP contribution in [-0.2, 0) is 20.5 Å². The predicted molar refractivity (Wildman–Crippen MR) is 168 cm³/mol. The number of rotatable bonds is 10. The number of hydrogen-bond donors (Lipinski definition) is 1. The molecule has 0 saturated carbocycles. The average molecular weight is 697 g/mol. The second kappa shape index (κ2) is 12.3. The number of nitro groups is 1. The number of halogens is 1. The minimum absolute atomic E-state index is 0.00712. The van der Waals surface area contributed by atoms with Crippen molar-refractivity contribution in [1.29, 1.82) is 0 Å². The highest BCUT2D eigenvalue weighted by molar-refractivity contribution is 14.1. The van der Waals surface area contributed by atoms with E-state index in [1.807, 2.05) is 24.9 Å². The van der Waals surface area contributed by atoms with Gasteiger partial charge in [-0.25, -0.2) is 4.99 Å². The maximum atomic E-state index is 12.9. The SMILES string of the molecule is CN(C)/C=N\c1nc2c(c(I)cn2[C@H]2C[C@@H](OCc3ccccc3[N+](=O)[O-])[C@@H](CO[Si](C)(C)C(C)(C)C)O2)c(=O)[nH]1. The zero-order valence-electron chi connectivity index (χ0n) is 24.4. The van der Waals surface area contributed by atoms with Crippen LogP contribution < -0.4 is 5.56 Å². The normalized spacial score (nSPS) is 19.9. The molecule has 1 aliphatic heterocycles. The van der Waals surface area contributed by atoms with E-state index in [0.717, 1.165) is 3.57 Å². The number of nitrogens with one attached hydrogen (secondary N) is 1. The van der Waals surface area contributed by atoms with Crippen LogP contribution in [-0.4, -0.2) is 71.9 Å². The van der Waals surface area contributed by atoms with E-state index in [1.165, 1.54) is 6.07 Å². The first kappa shape index (κ1) is 31.3. The topological polar surface area (TPSA) is 137 Å². The highest BCUT2D eigenvalue weighted by atomic mass is 127. The van der Waals surface area contributed by atoms with Gasteiger partial charge in [0.1, 0.15) is 12.3 Å². The molecule has 1 N–H and O–H groups in total. The standard InChI is InChI=1S/C27H37IN6O6Si/c1-27(2,3)41(6,7)39-15-21-20(38-14-17-10-8-9-11-19(17)34(36)37)12-22(40-21)33-13-18(28)23-24(33)30-26(31-25(23)35)29-16-32(4)5/h8-11,13,16,20-22H,12,14-15H2,1-7H3,(H,30,31,35)/b29-16-/t20-,21-,22-/m1/s1. The molecule has 1 fully saturated rings. The molecule has 3 atom stereocenters. The number of benzene rings is 1. The Labute approximate surface area is 253 Å². The molecule has 0 radical (unpaired) electrons. The molecule has 3 aromatic rings. The van der Waals surface area contributed by atoms with Crippen molar-refractivity contribution >= 4 is 59.9 Å². The summed E-state index contributed by atoms with van der Waals surface area (Å²) in [6.07, 6.45) is 2.51. The molecule has 0 unspecified atom stereocenters. The van der Waals surface area contributed by atoms with Gasteiger partial charge in [0.05, 0.1) is 41.5 Å². The van der Waals surface area contributed by atoms with E-state index in [0.29, 0.717) is 29.6 Å². The Bertz CT molecular complexity index is 1500. The molecule has 0 aliphatic carbocycles. The van der Waals surface area contributed by atoms with Gasteiger partial charge in [0.2, 0.25) is 5.95 Å². The third-order valence-electron chi connectivity index (χ3n) is 7.58. The Kier molecular flexibility index (Phi) is 9.37. The van der Waals surface area contributed by atoms with E-state index in [9.17, 15) is 14.9 Å². The van der Waals surface area contributed by atoms with Crippen molar-refractivity contribution < 1.29 is 18.8 Å². The molecule has 222 valence electrons. The molecule has 4 rings (SSSR count). The van der Waals surface area contributed by atoms with E-state index in [-0.39, 0.29) is 28.8 Å². The van der Waals surface area contributed by atoms with Crippen LogP contribution >= 0.6 is 22.6 Å². The van der Waals surface area contributed by atoms with E-state index in [1.54, 1.807) is 29.4 Å². The maximum absolute atomic E-state index is 12.9. The molecule has 1 saturated heterocycles. The molecule has 0 spiro atoms. The fraction of sp³-hybridized carbons (Fsp3) is 0.519. The number of hydrogen-bond acceptors (Lipinski definition) is 8. The molecular formula is C27H37IN6O6Si. The predicted octanol–water partition coefficient (Wildman–Crippen LogP) is 5.35. The summed E-state index contributed by atoms with van der Waals surface area (Å²) in [7, 11) is 1.56. The van der Waals surface area contributed by atoms with Crippen LogP contribution in [0.2, 0.25) is 18.1 Å². The van der Waals surface area contributed by atoms with Gasteiger partial charge in [-0.3, -0.25) is 19.9 Å². The van der Waals surface area contributed by atoms with Gasteiger partial charge < -0.3 is 23.4 Å². The van der Waals surface area contributed by atoms with Crippen LogP contribution in [0, 0.1) is 13.7 Å². The van der Waals surface area contributed by atoms with Crippen LogP contribution in [0.4, 0.5) is 11.6 Å². The van der Waals surface area contributed by atoms with Crippen molar-refractivity contribution in [3.8, 4) is 0 Å². The van der Waals surface area contributed by atoms with E-state index >= 15 is 0 Å². The number of aliphatic imine (C=N–C) groups is 1. The highest BCUT2D eigenvalue weighted by Gasteiger charge is 2.42. The van der Waals surface area contributed by atoms with Gasteiger partial charge in [0.25, 0.3) is 11.2 Å². The van der Waals surface area contributed by atoms with Gasteiger partial charge in [-0.1, -0.05) is 32.9 Å². The number of para-hydroxylation sites is 1. The summed E-state index contributed by atoms with van der Waals surface area (Å²) in [6, 6.07) is 6.56. The molecule has 1 aliphatic rings. The lowest BCUT2D eigenvalue weighted by Gasteiger charge is -2.37. The molecular weight excluding hydrogens is 659 g/mol. The van der Waals surface area contributed by atoms with Gasteiger partial charge in [0, 0.05) is 36.3 Å². The van der Waals surface area contributed by atoms with E-state index in [2.05, 4.69) is 71.4 Å². The summed E-state index contributed by atoms with van der Waals surface area (Å²) < 4.78 is 21.9. The number of fused-ring (bicyclic) bond motifs is 1. The fourth-order valence-electron chi connectivity index (χ4n) is 4.26. The van der Waals surface area contributed by atoms with Crippen molar-refractivity contribution in [3.63, 3.8) is 0 Å². The minimum Gasteiger partial charge on any atom is -0.414 e. The van der Waals surface area contributed by atoms with Gasteiger partial charge >= 0.3 is 0 Å². The number of H-pyrrole nitrogens is 1. The summed E-state index contributed by atoms with van der Waals surface area (Å²) in [4.78, 5) is 37.5. The van der Waals surface area contributed by atoms with Crippen LogP contribution in [0.15, 0.2) is 40.2 Å². The molecule has 41 heavy (non-hydrogen) atoms. The van der Waals surface area contributed by atoms with Gasteiger partial charge in [-0.15, -0.1) is 0 Å². The van der Waals surface area contributed by atoms with Gasteiger partial charge in [0.15, 0.2) is 14.0 Å². The van der Waals surface area contributed by atoms with Crippen molar-refractivity contribution in [2.75, 3.05) is 20.7 Å². The van der Waals surface area contributed by atoms with Crippen molar-refractivity contribution in [1.82, 2.24) is 19.4 Å². The van der Waals surface area contributed by atoms with Gasteiger partial charge in [-0.2, -0.15) is 4.98 Å². The van der Waals surface area contributed by atoms with Crippen LogP contribution in [0.1, 0.15) is 39.0 Å². The summed E-state index contributed by atoms with van der Waals surface area (Å²) >= 11 is 2.12. The molecule has 12 nitrogen and oxygen atoms in total. The summed E-state index contributed by atoms with van der Waals surface area (Å²) in [5.74, 6) is 0.187. The maximum Gasteiger partial charge on any atom is 0.274 e. The van der Waals surface area contributed by atoms with Crippen molar-refractivity contribution in [3.05, 3.63) is 60.1 Å². The summed E-state index contributed by atoms with van der Waals surface area (Å²) in [5.41, 5.74) is 0.668. The second-order valence-electron chi connectivity index (χ2n) is 11.9. The number of aromatic nitrogens is 3. The zero-order chi connectivity index (χ0) is 30.1. The van der Waals surface area contributed by atoms with Crippen molar-refractivity contribution in [2.45, 2.75) is 70.4 Å². The monoisotopic (exact) mass is 696 g/mol. The Balaban J connectivity index is 1.65. The third-order valence-corrected chi connectivity index (χ3v) is 12.9. The van der Waals surface area contributed by atoms with Crippen LogP contribution in [0.3, 0.4) is 0 Å². The number of nitrogens with zero attached hydrogens (tertiary/aromatic N) is 5. The summed E-state index contributed by atoms with van der Waals surface area (Å²) in [5, 5.41) is 12.0. The first-order valence-electron chi connectivity index (χ1n) is 13.3. The Morgan fingerprint density at radius 2 is 2.05 bits per heavy atom. The van der Waals surface area contributed by atoms with Crippen molar-refractivity contribution in [2.24, 2.45) is 4.99 Å². The number of aromatic amines is 1. The molecule has 1 aromatic carbocycles. The highest BCUT2D eigenvalue weighted by Crippen LogP contribution is 2.39. The Morgan fingerprint density at radius 3 is 2.71 bits per heavy atom. The molecule has 2 aromatic heterocycles. The first-order valence-corrected chi connectivity index (χ1v) is 17.3. The van der Waals surface area contributed by atoms with Crippen LogP contribution in [0.5, 0.6) is 0 Å². The lowest BCUT2D eigenvalue weighted by atomic mass is 10.1. The van der Waals surface area contributed by atoms with E-state index < -0.39 is 31.7 Å². The first-order chi connectivity index (χ1) is 19.2. The number of nitro benzene ring substituents is 1. The van der Waals surface area contributed by atoms with Crippen LogP contribution in [0.25, 0.3) is 11.0 Å². The molecule has 14 heteroatoms. The van der Waals surface area contributed by atoms with E-state index in [4.69, 9.17) is 13.9 Å². The molecule has 0 amide bonds. The summed E-state index contributed by atoms with van der Waals surface area (Å²) in [6.45, 7) is 11.2. The fourth-order valence-corrected chi connectivity index (χ4v) is 6.06. The molecule has 0 bridgehead atoms. The quantitative estimate of drug-likeness (QED) is 0.0748. The average Bonchev–Trinajstić information content (AvgIpc) is 3.45. The largest absolute Gasteiger partial charge is 0.414 e. The molecule has 3 heterocycles. The Hall–Kier alpha value is -2.66. The Morgan fingerprint density at radius 1 is 1.34 bits per heavy atom. The lowest BCUT2D eigenvalue weighted by molar-refractivity contribution is -0.386. The third kappa shape index (κ3) is 7.05. The number of ether oxygens (including phenoxy) is 2. The smallest absolute Gasteiger partial charge is 0.274 e. The minimum atomic E-state index is -2.10. The lowest BCUT2D eigenvalue weighted by Crippen LogP contribution is -2.44.